The summed E-state index contributed by atoms with van der Waals surface area (Å²) >= 11 is 0. The predicted molar refractivity (Wildman–Crippen MR) is 145 cm³/mol. The van der Waals surface area contributed by atoms with Crippen molar-refractivity contribution >= 4 is 17.4 Å². The quantitative estimate of drug-likeness (QED) is 0.284. The van der Waals surface area contributed by atoms with Gasteiger partial charge in [0.2, 0.25) is 0 Å². The number of nitrogens with one attached hydrogen (secondary N) is 1. The Kier molecular flexibility index (Phi) is 8.71. The average molecular weight is 566 g/mol. The zero-order valence-electron chi connectivity index (χ0n) is 22.1. The first-order chi connectivity index (χ1) is 19.6. The first kappa shape index (κ1) is 28.9. The highest BCUT2D eigenvalue weighted by molar-refractivity contribution is 6.02. The molecule has 4 heterocycles. The molecular formula is C29H26F3N5O4. The van der Waals surface area contributed by atoms with Gasteiger partial charge in [0, 0.05) is 25.1 Å². The average Bonchev–Trinajstić information content (AvgIpc) is 3.54. The molecule has 2 N–H and O–H groups in total. The Bertz CT molecular complexity index is 1660. The minimum absolute atomic E-state index is 0.112. The van der Waals surface area contributed by atoms with Crippen LogP contribution in [0.2, 0.25) is 0 Å². The number of carboxylic acids is 1. The van der Waals surface area contributed by atoms with Gasteiger partial charge in [-0.05, 0) is 61.4 Å². The Hall–Kier alpha value is -5.13. The zero-order valence-corrected chi connectivity index (χ0v) is 22.1. The molecule has 4 aromatic heterocycles. The summed E-state index contributed by atoms with van der Waals surface area (Å²) in [4.78, 5) is 31.2. The number of nitrogens with zero attached hydrogens (tertiary/aromatic N) is 4. The molecule has 0 fully saturated rings. The van der Waals surface area contributed by atoms with Crippen LogP contribution < -0.4 is 10.1 Å². The number of ether oxygens (including phenoxy) is 1. The summed E-state index contributed by atoms with van der Waals surface area (Å²) in [6.07, 6.45) is 1.30. The second-order valence-corrected chi connectivity index (χ2v) is 8.79. The van der Waals surface area contributed by atoms with Crippen molar-refractivity contribution in [2.24, 2.45) is 0 Å². The van der Waals surface area contributed by atoms with Crippen LogP contribution >= 0.6 is 0 Å². The van der Waals surface area contributed by atoms with E-state index in [1.165, 1.54) is 0 Å². The molecule has 5 rings (SSSR count). The highest BCUT2D eigenvalue weighted by Crippen LogP contribution is 2.27. The number of fused-ring (bicyclic) bond motifs is 1. The van der Waals surface area contributed by atoms with Gasteiger partial charge in [0.05, 0.1) is 23.9 Å². The van der Waals surface area contributed by atoms with Crippen molar-refractivity contribution in [1.29, 1.82) is 0 Å². The molecule has 0 unspecified atom stereocenters. The van der Waals surface area contributed by atoms with Gasteiger partial charge in [-0.25, -0.2) is 14.8 Å². The molecule has 0 saturated heterocycles. The van der Waals surface area contributed by atoms with E-state index in [0.717, 1.165) is 46.3 Å². The number of carboxylic acid groups (broad SMARTS) is 1. The van der Waals surface area contributed by atoms with E-state index < -0.39 is 12.1 Å². The van der Waals surface area contributed by atoms with Gasteiger partial charge < -0.3 is 19.6 Å². The standard InChI is InChI=1S/C27H25N5O2.C2HF3O2/c1-19-30-23(18-32(19)26-11-3-5-13-28-26)25-17-22(24-10-4-6-15-31(24)25)27(33)29-14-12-20-8-7-9-21(16-20)34-2;3-2(4,5)1(6)7/h3-11,13,15-18H,12,14H2,1-2H3,(H,29,33);(H,6,7). The lowest BCUT2D eigenvalue weighted by atomic mass is 10.1. The van der Waals surface area contributed by atoms with Gasteiger partial charge in [0.15, 0.2) is 0 Å². The summed E-state index contributed by atoms with van der Waals surface area (Å²) in [6.45, 7) is 2.47. The van der Waals surface area contributed by atoms with Crippen LogP contribution in [0.25, 0.3) is 22.7 Å². The molecule has 0 saturated carbocycles. The van der Waals surface area contributed by atoms with Crippen molar-refractivity contribution in [3.63, 3.8) is 0 Å². The molecule has 0 radical (unpaired) electrons. The van der Waals surface area contributed by atoms with Gasteiger partial charge in [0.25, 0.3) is 5.91 Å². The zero-order chi connectivity index (χ0) is 29.6. The van der Waals surface area contributed by atoms with Crippen molar-refractivity contribution in [2.75, 3.05) is 13.7 Å². The van der Waals surface area contributed by atoms with E-state index in [-0.39, 0.29) is 5.91 Å². The summed E-state index contributed by atoms with van der Waals surface area (Å²) < 4.78 is 41.0. The third-order valence-electron chi connectivity index (χ3n) is 6.04. The van der Waals surface area contributed by atoms with E-state index in [1.807, 2.05) is 95.0 Å². The van der Waals surface area contributed by atoms with E-state index in [4.69, 9.17) is 19.6 Å². The Balaban J connectivity index is 0.000000493. The number of methoxy groups -OCH3 is 1. The molecule has 0 aliphatic carbocycles. The summed E-state index contributed by atoms with van der Waals surface area (Å²) in [5.41, 5.74) is 4.19. The predicted octanol–water partition coefficient (Wildman–Crippen LogP) is 5.11. The van der Waals surface area contributed by atoms with Gasteiger partial charge in [-0.2, -0.15) is 13.2 Å². The Morgan fingerprint density at radius 1 is 1.05 bits per heavy atom. The van der Waals surface area contributed by atoms with Gasteiger partial charge >= 0.3 is 12.1 Å². The Labute approximate surface area is 232 Å². The lowest BCUT2D eigenvalue weighted by Crippen LogP contribution is -2.25. The maximum atomic E-state index is 13.1. The number of carbonyl (C=O) groups excluding carboxylic acids is 1. The van der Waals surface area contributed by atoms with E-state index in [9.17, 15) is 18.0 Å². The van der Waals surface area contributed by atoms with E-state index >= 15 is 0 Å². The van der Waals surface area contributed by atoms with Crippen LogP contribution in [0.4, 0.5) is 13.2 Å². The lowest BCUT2D eigenvalue weighted by Gasteiger charge is -2.06. The second-order valence-electron chi connectivity index (χ2n) is 8.79. The van der Waals surface area contributed by atoms with Crippen LogP contribution in [-0.2, 0) is 11.2 Å². The number of alkyl halides is 3. The molecule has 41 heavy (non-hydrogen) atoms. The molecule has 0 atom stereocenters. The normalized spacial score (nSPS) is 11.0. The van der Waals surface area contributed by atoms with Gasteiger partial charge in [-0.15, -0.1) is 0 Å². The lowest BCUT2D eigenvalue weighted by molar-refractivity contribution is -0.192. The maximum absolute atomic E-state index is 13.1. The molecule has 12 heteroatoms. The molecule has 0 aliphatic heterocycles. The first-order valence-electron chi connectivity index (χ1n) is 12.4. The number of benzene rings is 1. The topological polar surface area (TPSA) is 111 Å². The van der Waals surface area contributed by atoms with Crippen molar-refractivity contribution < 1.29 is 32.6 Å². The molecule has 1 aromatic carbocycles. The number of aliphatic carboxylic acids is 1. The van der Waals surface area contributed by atoms with Crippen LogP contribution in [0.5, 0.6) is 5.75 Å². The molecule has 1 amide bonds. The molecular weight excluding hydrogens is 539 g/mol. The van der Waals surface area contributed by atoms with Gasteiger partial charge in [-0.1, -0.05) is 24.3 Å². The number of aryl methyl sites for hydroxylation is 1. The second kappa shape index (κ2) is 12.4. The Morgan fingerprint density at radius 2 is 1.80 bits per heavy atom. The summed E-state index contributed by atoms with van der Waals surface area (Å²) in [5, 5.41) is 10.2. The van der Waals surface area contributed by atoms with Crippen molar-refractivity contribution in [2.45, 2.75) is 19.5 Å². The SMILES string of the molecule is COc1cccc(CCNC(=O)c2cc(-c3cn(-c4ccccn4)c(C)n3)n3ccccc23)c1.O=C(O)C(F)(F)F. The third kappa shape index (κ3) is 6.90. The Morgan fingerprint density at radius 3 is 2.49 bits per heavy atom. The molecule has 0 spiro atoms. The van der Waals surface area contributed by atoms with Crippen LogP contribution in [0.15, 0.2) is 85.3 Å². The molecule has 0 aliphatic rings. The largest absolute Gasteiger partial charge is 0.497 e. The van der Waals surface area contributed by atoms with Gasteiger partial charge in [0.1, 0.15) is 23.1 Å². The first-order valence-corrected chi connectivity index (χ1v) is 12.4. The highest BCUT2D eigenvalue weighted by Gasteiger charge is 2.38. The number of hydrogen-bond acceptors (Lipinski definition) is 5. The van der Waals surface area contributed by atoms with Crippen LogP contribution in [0.3, 0.4) is 0 Å². The van der Waals surface area contributed by atoms with E-state index in [2.05, 4.69) is 10.3 Å². The fourth-order valence-electron chi connectivity index (χ4n) is 4.10. The number of amides is 1. The van der Waals surface area contributed by atoms with Gasteiger partial charge in [-0.3, -0.25) is 9.36 Å². The molecule has 9 nitrogen and oxygen atoms in total. The molecule has 5 aromatic rings. The maximum Gasteiger partial charge on any atom is 0.490 e. The number of carbonyl (C=O) groups is 2. The fraction of sp³-hybridized carbons (Fsp3) is 0.172. The number of aromatic nitrogens is 4. The third-order valence-corrected chi connectivity index (χ3v) is 6.04. The smallest absolute Gasteiger partial charge is 0.490 e. The number of rotatable bonds is 7. The highest BCUT2D eigenvalue weighted by atomic mass is 19.4. The minimum Gasteiger partial charge on any atom is -0.497 e. The van der Waals surface area contributed by atoms with Crippen molar-refractivity contribution in [1.82, 2.24) is 24.3 Å². The summed E-state index contributed by atoms with van der Waals surface area (Å²) in [6, 6.07) is 21.4. The van der Waals surface area contributed by atoms with E-state index in [0.29, 0.717) is 12.1 Å². The van der Waals surface area contributed by atoms with E-state index in [1.54, 1.807) is 13.3 Å². The number of imidazole rings is 1. The summed E-state index contributed by atoms with van der Waals surface area (Å²) in [5.74, 6) is -0.433. The number of hydrogen-bond donors (Lipinski definition) is 2. The monoisotopic (exact) mass is 565 g/mol. The minimum atomic E-state index is -5.08. The van der Waals surface area contributed by atoms with Crippen LogP contribution in [-0.4, -0.2) is 55.7 Å². The van der Waals surface area contributed by atoms with Crippen LogP contribution in [0.1, 0.15) is 21.7 Å². The van der Waals surface area contributed by atoms with Crippen molar-refractivity contribution in [3.05, 3.63) is 102 Å². The van der Waals surface area contributed by atoms with Crippen LogP contribution in [0, 0.1) is 6.92 Å². The van der Waals surface area contributed by atoms with Crippen molar-refractivity contribution in [3.8, 4) is 23.0 Å². The summed E-state index contributed by atoms with van der Waals surface area (Å²) in [7, 11) is 1.65. The molecule has 212 valence electrons. The molecule has 0 bridgehead atoms. The number of pyridine rings is 2. The fourth-order valence-corrected chi connectivity index (χ4v) is 4.10. The number of halogens is 3.